The molecular formula is C16H23N3O. The Bertz CT molecular complexity index is 570. The summed E-state index contributed by atoms with van der Waals surface area (Å²) in [6.07, 6.45) is 6.70. The first-order valence-corrected chi connectivity index (χ1v) is 7.60. The standard InChI is InChI=1S/C16H23N3O/c1-11-2-4-12(5-3-11)8-9-18-16-19-14-10-13(17)6-7-15(14)20-16/h6-7,10-12H,2-5,8-9,17H2,1H3,(H,18,19). The average Bonchev–Trinajstić information content (AvgIpc) is 2.83. The molecule has 108 valence electrons. The molecule has 1 heterocycles. The molecule has 20 heavy (non-hydrogen) atoms. The molecular weight excluding hydrogens is 250 g/mol. The molecule has 1 fully saturated rings. The summed E-state index contributed by atoms with van der Waals surface area (Å²) in [5, 5.41) is 3.29. The van der Waals surface area contributed by atoms with Gasteiger partial charge in [0.25, 0.3) is 6.01 Å². The van der Waals surface area contributed by atoms with Crippen LogP contribution >= 0.6 is 0 Å². The molecule has 1 aromatic heterocycles. The number of hydrogen-bond donors (Lipinski definition) is 2. The summed E-state index contributed by atoms with van der Waals surface area (Å²) in [7, 11) is 0. The predicted molar refractivity (Wildman–Crippen MR) is 82.7 cm³/mol. The topological polar surface area (TPSA) is 64.1 Å². The van der Waals surface area contributed by atoms with Crippen LogP contribution in [0.25, 0.3) is 11.1 Å². The van der Waals surface area contributed by atoms with Gasteiger partial charge in [-0.15, -0.1) is 0 Å². The van der Waals surface area contributed by atoms with Crippen LogP contribution in [0.5, 0.6) is 0 Å². The molecule has 1 aliphatic carbocycles. The van der Waals surface area contributed by atoms with Crippen LogP contribution in [-0.2, 0) is 0 Å². The Morgan fingerprint density at radius 1 is 1.30 bits per heavy atom. The van der Waals surface area contributed by atoms with E-state index in [9.17, 15) is 0 Å². The lowest BCUT2D eigenvalue weighted by Crippen LogP contribution is -2.15. The van der Waals surface area contributed by atoms with E-state index in [0.29, 0.717) is 11.7 Å². The zero-order chi connectivity index (χ0) is 13.9. The van der Waals surface area contributed by atoms with Crippen LogP contribution in [0.2, 0.25) is 0 Å². The molecule has 4 heteroatoms. The molecule has 0 amide bonds. The summed E-state index contributed by atoms with van der Waals surface area (Å²) in [4.78, 5) is 4.41. The SMILES string of the molecule is CC1CCC(CCNc2nc3cc(N)ccc3o2)CC1. The van der Waals surface area contributed by atoms with Crippen molar-refractivity contribution in [3.63, 3.8) is 0 Å². The minimum atomic E-state index is 0.606. The first kappa shape index (κ1) is 13.3. The molecule has 1 saturated carbocycles. The van der Waals surface area contributed by atoms with Crippen LogP contribution in [0, 0.1) is 11.8 Å². The molecule has 0 atom stereocenters. The van der Waals surface area contributed by atoms with Crippen LogP contribution in [0.1, 0.15) is 39.0 Å². The van der Waals surface area contributed by atoms with E-state index < -0.39 is 0 Å². The van der Waals surface area contributed by atoms with Crippen molar-refractivity contribution in [1.82, 2.24) is 4.98 Å². The fourth-order valence-electron chi connectivity index (χ4n) is 3.02. The number of nitrogens with zero attached hydrogens (tertiary/aromatic N) is 1. The molecule has 0 saturated heterocycles. The number of aromatic nitrogens is 1. The predicted octanol–water partition coefficient (Wildman–Crippen LogP) is 4.04. The third-order valence-electron chi connectivity index (χ3n) is 4.38. The highest BCUT2D eigenvalue weighted by molar-refractivity contribution is 5.78. The molecule has 0 bridgehead atoms. The molecule has 3 rings (SSSR count). The van der Waals surface area contributed by atoms with Crippen molar-refractivity contribution < 1.29 is 4.42 Å². The van der Waals surface area contributed by atoms with Gasteiger partial charge in [0, 0.05) is 12.2 Å². The van der Waals surface area contributed by atoms with Gasteiger partial charge in [0.05, 0.1) is 0 Å². The molecule has 1 aliphatic rings. The summed E-state index contributed by atoms with van der Waals surface area (Å²) in [5.74, 6) is 1.78. The van der Waals surface area contributed by atoms with E-state index >= 15 is 0 Å². The van der Waals surface area contributed by atoms with Gasteiger partial charge in [-0.25, -0.2) is 0 Å². The Labute approximate surface area is 119 Å². The van der Waals surface area contributed by atoms with Gasteiger partial charge < -0.3 is 15.5 Å². The summed E-state index contributed by atoms with van der Waals surface area (Å²) in [6.45, 7) is 3.29. The van der Waals surface area contributed by atoms with Crippen LogP contribution in [0.15, 0.2) is 22.6 Å². The third kappa shape index (κ3) is 3.06. The van der Waals surface area contributed by atoms with Crippen molar-refractivity contribution in [1.29, 1.82) is 0 Å². The maximum Gasteiger partial charge on any atom is 0.295 e. The molecule has 4 nitrogen and oxygen atoms in total. The quantitative estimate of drug-likeness (QED) is 0.825. The number of oxazole rings is 1. The molecule has 0 unspecified atom stereocenters. The highest BCUT2D eigenvalue weighted by atomic mass is 16.4. The van der Waals surface area contributed by atoms with Crippen molar-refractivity contribution in [3.8, 4) is 0 Å². The number of hydrogen-bond acceptors (Lipinski definition) is 4. The van der Waals surface area contributed by atoms with Gasteiger partial charge in [0.1, 0.15) is 5.52 Å². The first-order chi connectivity index (χ1) is 9.70. The summed E-state index contributed by atoms with van der Waals surface area (Å²) < 4.78 is 5.65. The van der Waals surface area contributed by atoms with E-state index in [0.717, 1.165) is 29.5 Å². The zero-order valence-electron chi connectivity index (χ0n) is 12.1. The Balaban J connectivity index is 1.52. The Morgan fingerprint density at radius 2 is 2.10 bits per heavy atom. The smallest absolute Gasteiger partial charge is 0.295 e. The molecule has 2 aromatic rings. The maximum absolute atomic E-state index is 5.74. The Morgan fingerprint density at radius 3 is 2.90 bits per heavy atom. The maximum atomic E-state index is 5.74. The molecule has 0 radical (unpaired) electrons. The number of fused-ring (bicyclic) bond motifs is 1. The number of anilines is 2. The average molecular weight is 273 g/mol. The van der Waals surface area contributed by atoms with Crippen molar-refractivity contribution in [2.24, 2.45) is 11.8 Å². The Hall–Kier alpha value is -1.71. The summed E-state index contributed by atoms with van der Waals surface area (Å²) in [6, 6.07) is 6.15. The van der Waals surface area contributed by atoms with Crippen LogP contribution in [0.4, 0.5) is 11.7 Å². The summed E-state index contributed by atoms with van der Waals surface area (Å²) in [5.41, 5.74) is 8.06. The highest BCUT2D eigenvalue weighted by Gasteiger charge is 2.17. The van der Waals surface area contributed by atoms with Crippen molar-refractivity contribution in [3.05, 3.63) is 18.2 Å². The van der Waals surface area contributed by atoms with E-state index in [1.165, 1.54) is 32.1 Å². The first-order valence-electron chi connectivity index (χ1n) is 7.60. The lowest BCUT2D eigenvalue weighted by molar-refractivity contribution is 0.281. The number of benzene rings is 1. The molecule has 1 aromatic carbocycles. The minimum Gasteiger partial charge on any atom is -0.424 e. The molecule has 3 N–H and O–H groups in total. The van der Waals surface area contributed by atoms with Crippen LogP contribution < -0.4 is 11.1 Å². The van der Waals surface area contributed by atoms with Crippen LogP contribution in [-0.4, -0.2) is 11.5 Å². The fraction of sp³-hybridized carbons (Fsp3) is 0.562. The van der Waals surface area contributed by atoms with Crippen molar-refractivity contribution in [2.75, 3.05) is 17.6 Å². The van der Waals surface area contributed by atoms with Gasteiger partial charge in [0.15, 0.2) is 5.58 Å². The van der Waals surface area contributed by atoms with Gasteiger partial charge in [-0.1, -0.05) is 32.6 Å². The van der Waals surface area contributed by atoms with E-state index in [1.807, 2.05) is 18.2 Å². The van der Waals surface area contributed by atoms with E-state index in [2.05, 4.69) is 17.2 Å². The Kier molecular flexibility index (Phi) is 3.81. The van der Waals surface area contributed by atoms with Gasteiger partial charge >= 0.3 is 0 Å². The second-order valence-corrected chi connectivity index (χ2v) is 6.09. The van der Waals surface area contributed by atoms with Crippen molar-refractivity contribution in [2.45, 2.75) is 39.0 Å². The van der Waals surface area contributed by atoms with Gasteiger partial charge in [-0.05, 0) is 36.5 Å². The minimum absolute atomic E-state index is 0.606. The number of rotatable bonds is 4. The molecule has 0 spiro atoms. The normalized spacial score (nSPS) is 23.1. The van der Waals surface area contributed by atoms with E-state index in [4.69, 9.17) is 10.2 Å². The van der Waals surface area contributed by atoms with Crippen LogP contribution in [0.3, 0.4) is 0 Å². The van der Waals surface area contributed by atoms with Gasteiger partial charge in [-0.3, -0.25) is 0 Å². The largest absolute Gasteiger partial charge is 0.424 e. The molecule has 0 aliphatic heterocycles. The third-order valence-corrected chi connectivity index (χ3v) is 4.38. The van der Waals surface area contributed by atoms with Crippen molar-refractivity contribution >= 4 is 22.8 Å². The van der Waals surface area contributed by atoms with Gasteiger partial charge in [0.2, 0.25) is 0 Å². The fourth-order valence-corrected chi connectivity index (χ4v) is 3.02. The van der Waals surface area contributed by atoms with E-state index in [1.54, 1.807) is 0 Å². The second-order valence-electron chi connectivity index (χ2n) is 6.09. The zero-order valence-corrected chi connectivity index (χ0v) is 12.1. The number of nitrogens with two attached hydrogens (primary N) is 1. The lowest BCUT2D eigenvalue weighted by Gasteiger charge is -2.25. The monoisotopic (exact) mass is 273 g/mol. The lowest BCUT2D eigenvalue weighted by atomic mass is 9.81. The highest BCUT2D eigenvalue weighted by Crippen LogP contribution is 2.30. The number of nitrogen functional groups attached to an aromatic ring is 1. The van der Waals surface area contributed by atoms with E-state index in [-0.39, 0.29) is 0 Å². The summed E-state index contributed by atoms with van der Waals surface area (Å²) >= 11 is 0. The second kappa shape index (κ2) is 5.73. The van der Waals surface area contributed by atoms with Gasteiger partial charge in [-0.2, -0.15) is 4.98 Å². The number of nitrogens with one attached hydrogen (secondary N) is 1.